The molecule has 0 amide bonds. The number of halogens is 2. The summed E-state index contributed by atoms with van der Waals surface area (Å²) in [5.41, 5.74) is 6.24. The first-order chi connectivity index (χ1) is 8.02. The molecule has 1 aliphatic rings. The van der Waals surface area contributed by atoms with Gasteiger partial charge in [-0.05, 0) is 37.5 Å². The topological polar surface area (TPSA) is 38.0 Å². The molecule has 0 bridgehead atoms. The zero-order chi connectivity index (χ0) is 12.5. The van der Waals surface area contributed by atoms with Crippen LogP contribution in [0.25, 0.3) is 0 Å². The molecule has 1 aromatic carbocycles. The minimum Gasteiger partial charge on any atom is -0.377 e. The van der Waals surface area contributed by atoms with Gasteiger partial charge in [-0.2, -0.15) is 0 Å². The Morgan fingerprint density at radius 3 is 2.82 bits per heavy atom. The second-order valence-corrected chi connectivity index (χ2v) is 5.57. The Balaban J connectivity index is 2.13. The zero-order valence-electron chi connectivity index (χ0n) is 9.97. The molecule has 3 N–H and O–H groups in total. The van der Waals surface area contributed by atoms with Crippen LogP contribution in [0.1, 0.15) is 26.2 Å². The van der Waals surface area contributed by atoms with E-state index in [0.29, 0.717) is 17.3 Å². The van der Waals surface area contributed by atoms with Crippen molar-refractivity contribution in [3.63, 3.8) is 0 Å². The fraction of sp³-hybridized carbons (Fsp3) is 0.538. The fourth-order valence-corrected chi connectivity index (χ4v) is 2.23. The Morgan fingerprint density at radius 1 is 1.53 bits per heavy atom. The Morgan fingerprint density at radius 2 is 2.24 bits per heavy atom. The predicted molar refractivity (Wildman–Crippen MR) is 69.8 cm³/mol. The number of rotatable bonds is 5. The van der Waals surface area contributed by atoms with Crippen LogP contribution in [0.2, 0.25) is 5.02 Å². The molecule has 0 radical (unpaired) electrons. The molecule has 1 aliphatic carbocycles. The second kappa shape index (κ2) is 4.83. The third-order valence-electron chi connectivity index (χ3n) is 3.25. The highest BCUT2D eigenvalue weighted by Gasteiger charge is 2.32. The maximum atomic E-state index is 13.2. The van der Waals surface area contributed by atoms with Crippen LogP contribution in [-0.2, 0) is 0 Å². The van der Waals surface area contributed by atoms with Gasteiger partial charge in [0.2, 0.25) is 0 Å². The molecular weight excluding hydrogens is 239 g/mol. The lowest BCUT2D eigenvalue weighted by Gasteiger charge is -2.31. The summed E-state index contributed by atoms with van der Waals surface area (Å²) >= 11 is 6.04. The first-order valence-corrected chi connectivity index (χ1v) is 6.33. The highest BCUT2D eigenvalue weighted by molar-refractivity contribution is 6.33. The van der Waals surface area contributed by atoms with Gasteiger partial charge in [-0.1, -0.05) is 24.4 Å². The van der Waals surface area contributed by atoms with E-state index in [1.165, 1.54) is 25.0 Å². The summed E-state index contributed by atoms with van der Waals surface area (Å²) in [6.45, 7) is 2.57. The standard InChI is InChI=1S/C13H18ClFN2/c1-13(8-16,7-9-2-3-9)17-12-6-10(15)4-5-11(12)14/h4-6,9,17H,2-3,7-8,16H2,1H3. The average Bonchev–Trinajstić information content (AvgIpc) is 3.07. The van der Waals surface area contributed by atoms with E-state index >= 15 is 0 Å². The Labute approximate surface area is 106 Å². The molecule has 1 atom stereocenters. The van der Waals surface area contributed by atoms with Crippen molar-refractivity contribution in [1.29, 1.82) is 0 Å². The van der Waals surface area contributed by atoms with Crippen LogP contribution < -0.4 is 11.1 Å². The molecule has 2 rings (SSSR count). The third-order valence-corrected chi connectivity index (χ3v) is 3.58. The molecule has 1 saturated carbocycles. The highest BCUT2D eigenvalue weighted by atomic mass is 35.5. The molecule has 0 spiro atoms. The van der Waals surface area contributed by atoms with Gasteiger partial charge in [0.15, 0.2) is 0 Å². The molecule has 2 nitrogen and oxygen atoms in total. The van der Waals surface area contributed by atoms with Gasteiger partial charge in [-0.25, -0.2) is 4.39 Å². The first-order valence-electron chi connectivity index (χ1n) is 5.96. The van der Waals surface area contributed by atoms with Crippen LogP contribution in [0.4, 0.5) is 10.1 Å². The van der Waals surface area contributed by atoms with Gasteiger partial charge >= 0.3 is 0 Å². The molecular formula is C13H18ClFN2. The summed E-state index contributed by atoms with van der Waals surface area (Å²) in [5.74, 6) is 0.464. The van der Waals surface area contributed by atoms with Crippen molar-refractivity contribution in [2.24, 2.45) is 11.7 Å². The average molecular weight is 257 g/mol. The number of anilines is 1. The van der Waals surface area contributed by atoms with Crippen molar-refractivity contribution in [3.05, 3.63) is 29.0 Å². The number of hydrogen-bond acceptors (Lipinski definition) is 2. The monoisotopic (exact) mass is 256 g/mol. The van der Waals surface area contributed by atoms with Gasteiger partial charge in [0, 0.05) is 12.1 Å². The van der Waals surface area contributed by atoms with Crippen molar-refractivity contribution in [2.75, 3.05) is 11.9 Å². The van der Waals surface area contributed by atoms with Gasteiger partial charge < -0.3 is 11.1 Å². The predicted octanol–water partition coefficient (Wildman–Crippen LogP) is 3.41. The summed E-state index contributed by atoms with van der Waals surface area (Å²) in [4.78, 5) is 0. The fourth-order valence-electron chi connectivity index (χ4n) is 2.06. The number of nitrogens with one attached hydrogen (secondary N) is 1. The molecule has 0 heterocycles. The molecule has 0 saturated heterocycles. The van der Waals surface area contributed by atoms with Gasteiger partial charge in [0.05, 0.1) is 10.7 Å². The summed E-state index contributed by atoms with van der Waals surface area (Å²) < 4.78 is 13.2. The summed E-state index contributed by atoms with van der Waals surface area (Å²) in [6.07, 6.45) is 3.55. The highest BCUT2D eigenvalue weighted by Crippen LogP contribution is 2.38. The number of hydrogen-bond donors (Lipinski definition) is 2. The lowest BCUT2D eigenvalue weighted by molar-refractivity contribution is 0.453. The lowest BCUT2D eigenvalue weighted by atomic mass is 9.94. The van der Waals surface area contributed by atoms with E-state index in [4.69, 9.17) is 17.3 Å². The largest absolute Gasteiger partial charge is 0.377 e. The number of benzene rings is 1. The SMILES string of the molecule is CC(CN)(CC1CC1)Nc1cc(F)ccc1Cl. The second-order valence-electron chi connectivity index (χ2n) is 5.16. The maximum Gasteiger partial charge on any atom is 0.125 e. The quantitative estimate of drug-likeness (QED) is 0.847. The van der Waals surface area contributed by atoms with Crippen molar-refractivity contribution >= 4 is 17.3 Å². The molecule has 0 aliphatic heterocycles. The molecule has 4 heteroatoms. The lowest BCUT2D eigenvalue weighted by Crippen LogP contribution is -2.43. The third kappa shape index (κ3) is 3.33. The molecule has 1 fully saturated rings. The van der Waals surface area contributed by atoms with E-state index in [1.54, 1.807) is 6.07 Å². The normalized spacial score (nSPS) is 18.8. The van der Waals surface area contributed by atoms with Crippen LogP contribution in [0.5, 0.6) is 0 Å². The summed E-state index contributed by atoms with van der Waals surface area (Å²) in [5, 5.41) is 3.82. The van der Waals surface area contributed by atoms with Crippen LogP contribution in [-0.4, -0.2) is 12.1 Å². The van der Waals surface area contributed by atoms with E-state index in [-0.39, 0.29) is 11.4 Å². The maximum absolute atomic E-state index is 13.2. The van der Waals surface area contributed by atoms with E-state index < -0.39 is 0 Å². The number of nitrogens with two attached hydrogens (primary N) is 1. The Hall–Kier alpha value is -0.800. The smallest absolute Gasteiger partial charge is 0.125 e. The van der Waals surface area contributed by atoms with Crippen molar-refractivity contribution in [3.8, 4) is 0 Å². The minimum absolute atomic E-state index is 0.210. The molecule has 0 aromatic heterocycles. The van der Waals surface area contributed by atoms with Gasteiger partial charge in [0.1, 0.15) is 5.82 Å². The molecule has 1 aromatic rings. The summed E-state index contributed by atoms with van der Waals surface area (Å²) in [7, 11) is 0. The van der Waals surface area contributed by atoms with E-state index in [2.05, 4.69) is 12.2 Å². The van der Waals surface area contributed by atoms with Crippen molar-refractivity contribution in [1.82, 2.24) is 0 Å². The van der Waals surface area contributed by atoms with Crippen LogP contribution in [0, 0.1) is 11.7 Å². The van der Waals surface area contributed by atoms with Crippen LogP contribution in [0.3, 0.4) is 0 Å². The summed E-state index contributed by atoms with van der Waals surface area (Å²) in [6, 6.07) is 4.34. The Kier molecular flexibility index (Phi) is 3.59. The molecule has 17 heavy (non-hydrogen) atoms. The van der Waals surface area contributed by atoms with Crippen LogP contribution in [0.15, 0.2) is 18.2 Å². The van der Waals surface area contributed by atoms with E-state index in [9.17, 15) is 4.39 Å². The first kappa shape index (κ1) is 12.7. The zero-order valence-corrected chi connectivity index (χ0v) is 10.7. The van der Waals surface area contributed by atoms with Gasteiger partial charge in [-0.3, -0.25) is 0 Å². The van der Waals surface area contributed by atoms with Gasteiger partial charge in [-0.15, -0.1) is 0 Å². The van der Waals surface area contributed by atoms with Crippen molar-refractivity contribution < 1.29 is 4.39 Å². The van der Waals surface area contributed by atoms with E-state index in [1.807, 2.05) is 0 Å². The van der Waals surface area contributed by atoms with Crippen LogP contribution >= 0.6 is 11.6 Å². The van der Waals surface area contributed by atoms with Crippen molar-refractivity contribution in [2.45, 2.75) is 31.7 Å². The molecule has 94 valence electrons. The molecule has 1 unspecified atom stereocenters. The minimum atomic E-state index is -0.289. The van der Waals surface area contributed by atoms with E-state index in [0.717, 1.165) is 12.3 Å². The Bertz CT molecular complexity index is 406. The van der Waals surface area contributed by atoms with Gasteiger partial charge in [0.25, 0.3) is 0 Å².